The molecule has 98 valence electrons. The summed E-state index contributed by atoms with van der Waals surface area (Å²) >= 11 is 0. The van der Waals surface area contributed by atoms with Crippen molar-refractivity contribution in [3.8, 4) is 6.07 Å². The zero-order valence-corrected chi connectivity index (χ0v) is 9.97. The van der Waals surface area contributed by atoms with Gasteiger partial charge in [-0.3, -0.25) is 4.90 Å². The quantitative estimate of drug-likeness (QED) is 0.725. The SMILES string of the molecule is CC(C)(C)OC(=O)N(CC#N)CCC(F)(F)F. The van der Waals surface area contributed by atoms with Gasteiger partial charge in [0, 0.05) is 6.54 Å². The number of amides is 1. The average molecular weight is 252 g/mol. The summed E-state index contributed by atoms with van der Waals surface area (Å²) < 4.78 is 40.9. The molecule has 0 fully saturated rings. The molecule has 0 radical (unpaired) electrons. The van der Waals surface area contributed by atoms with E-state index in [1.807, 2.05) is 0 Å². The fraction of sp³-hybridized carbons (Fsp3) is 0.800. The van der Waals surface area contributed by atoms with Crippen molar-refractivity contribution in [2.75, 3.05) is 13.1 Å². The van der Waals surface area contributed by atoms with Crippen molar-refractivity contribution >= 4 is 6.09 Å². The number of ether oxygens (including phenoxy) is 1. The summed E-state index contributed by atoms with van der Waals surface area (Å²) in [5.74, 6) is 0. The van der Waals surface area contributed by atoms with Crippen LogP contribution in [0.2, 0.25) is 0 Å². The lowest BCUT2D eigenvalue weighted by Gasteiger charge is -2.26. The van der Waals surface area contributed by atoms with Gasteiger partial charge < -0.3 is 4.74 Å². The van der Waals surface area contributed by atoms with Crippen molar-refractivity contribution in [1.82, 2.24) is 4.90 Å². The van der Waals surface area contributed by atoms with Crippen molar-refractivity contribution in [3.05, 3.63) is 0 Å². The van der Waals surface area contributed by atoms with Crippen LogP contribution in [0, 0.1) is 11.3 Å². The Morgan fingerprint density at radius 2 is 1.88 bits per heavy atom. The smallest absolute Gasteiger partial charge is 0.411 e. The molecule has 0 saturated carbocycles. The molecule has 0 aromatic heterocycles. The maximum absolute atomic E-state index is 12.0. The van der Waals surface area contributed by atoms with Crippen molar-refractivity contribution in [2.45, 2.75) is 39.0 Å². The minimum Gasteiger partial charge on any atom is -0.444 e. The Bertz CT molecular complexity index is 302. The molecule has 1 amide bonds. The molecule has 0 spiro atoms. The minimum atomic E-state index is -4.37. The first kappa shape index (κ1) is 15.6. The molecule has 17 heavy (non-hydrogen) atoms. The van der Waals surface area contributed by atoms with Crippen LogP contribution in [0.3, 0.4) is 0 Å². The Morgan fingerprint density at radius 1 is 1.35 bits per heavy atom. The lowest BCUT2D eigenvalue weighted by molar-refractivity contribution is -0.137. The molecule has 0 heterocycles. The molecule has 0 aliphatic heterocycles. The zero-order chi connectivity index (χ0) is 13.7. The lowest BCUT2D eigenvalue weighted by atomic mass is 10.2. The van der Waals surface area contributed by atoms with Crippen LogP contribution in [0.15, 0.2) is 0 Å². The van der Waals surface area contributed by atoms with Crippen molar-refractivity contribution in [1.29, 1.82) is 5.26 Å². The Morgan fingerprint density at radius 3 is 2.24 bits per heavy atom. The number of carbonyl (C=O) groups excluding carboxylic acids is 1. The number of hydrogen-bond acceptors (Lipinski definition) is 3. The second-order valence-corrected chi connectivity index (χ2v) is 4.43. The molecule has 0 aliphatic carbocycles. The number of alkyl halides is 3. The van der Waals surface area contributed by atoms with E-state index in [0.29, 0.717) is 0 Å². The van der Waals surface area contributed by atoms with Crippen molar-refractivity contribution in [3.63, 3.8) is 0 Å². The first-order valence-corrected chi connectivity index (χ1v) is 4.97. The minimum absolute atomic E-state index is 0.426. The first-order chi connectivity index (χ1) is 7.55. The second kappa shape index (κ2) is 5.75. The summed E-state index contributed by atoms with van der Waals surface area (Å²) in [5, 5.41) is 8.43. The average Bonchev–Trinajstić information content (AvgIpc) is 2.07. The fourth-order valence-corrected chi connectivity index (χ4v) is 0.908. The summed E-state index contributed by atoms with van der Waals surface area (Å²) in [6.07, 6.45) is -6.44. The number of nitriles is 1. The predicted octanol–water partition coefficient (Wildman–Crippen LogP) is 2.70. The number of hydrogen-bond donors (Lipinski definition) is 0. The van der Waals surface area contributed by atoms with Gasteiger partial charge in [-0.25, -0.2) is 4.79 Å². The van der Waals surface area contributed by atoms with Crippen LogP contribution in [0.25, 0.3) is 0 Å². The van der Waals surface area contributed by atoms with Crippen LogP contribution in [0.4, 0.5) is 18.0 Å². The number of nitrogens with zero attached hydrogens (tertiary/aromatic N) is 2. The van der Waals surface area contributed by atoms with Gasteiger partial charge in [0.25, 0.3) is 0 Å². The van der Waals surface area contributed by atoms with E-state index in [1.54, 1.807) is 26.8 Å². The lowest BCUT2D eigenvalue weighted by Crippen LogP contribution is -2.38. The number of carbonyl (C=O) groups is 1. The van der Waals surface area contributed by atoms with E-state index in [-0.39, 0.29) is 0 Å². The number of halogens is 3. The predicted molar refractivity (Wildman–Crippen MR) is 54.1 cm³/mol. The molecular weight excluding hydrogens is 237 g/mol. The molecular formula is C10H15F3N2O2. The summed E-state index contributed by atoms with van der Waals surface area (Å²) in [6, 6.07) is 1.63. The summed E-state index contributed by atoms with van der Waals surface area (Å²) in [4.78, 5) is 12.2. The Balaban J connectivity index is 4.43. The van der Waals surface area contributed by atoms with Crippen LogP contribution in [0.5, 0.6) is 0 Å². The summed E-state index contributed by atoms with van der Waals surface area (Å²) in [7, 11) is 0. The van der Waals surface area contributed by atoms with Crippen LogP contribution in [0.1, 0.15) is 27.2 Å². The molecule has 0 aromatic rings. The molecule has 0 unspecified atom stereocenters. The normalized spacial score (nSPS) is 11.8. The molecule has 0 aliphatic rings. The van der Waals surface area contributed by atoms with E-state index in [1.165, 1.54) is 0 Å². The highest BCUT2D eigenvalue weighted by atomic mass is 19.4. The van der Waals surface area contributed by atoms with Crippen LogP contribution < -0.4 is 0 Å². The third-order valence-corrected chi connectivity index (χ3v) is 1.58. The highest BCUT2D eigenvalue weighted by molar-refractivity contribution is 5.68. The zero-order valence-electron chi connectivity index (χ0n) is 9.97. The third-order valence-electron chi connectivity index (χ3n) is 1.58. The van der Waals surface area contributed by atoms with Crippen LogP contribution in [-0.4, -0.2) is 35.9 Å². The maximum Gasteiger partial charge on any atom is 0.411 e. The first-order valence-electron chi connectivity index (χ1n) is 4.97. The molecule has 0 rings (SSSR count). The van der Waals surface area contributed by atoms with Gasteiger partial charge in [0.2, 0.25) is 0 Å². The van der Waals surface area contributed by atoms with Gasteiger partial charge in [-0.1, -0.05) is 0 Å². The van der Waals surface area contributed by atoms with Crippen molar-refractivity contribution < 1.29 is 22.7 Å². The molecule has 4 nitrogen and oxygen atoms in total. The van der Waals surface area contributed by atoms with E-state index in [2.05, 4.69) is 0 Å². The van der Waals surface area contributed by atoms with Gasteiger partial charge >= 0.3 is 12.3 Å². The van der Waals surface area contributed by atoms with Gasteiger partial charge in [-0.05, 0) is 20.8 Å². The Hall–Kier alpha value is -1.45. The highest BCUT2D eigenvalue weighted by Crippen LogP contribution is 2.20. The Labute approximate surface area is 97.9 Å². The van der Waals surface area contributed by atoms with Gasteiger partial charge in [-0.2, -0.15) is 18.4 Å². The van der Waals surface area contributed by atoms with Crippen LogP contribution in [-0.2, 0) is 4.74 Å². The maximum atomic E-state index is 12.0. The van der Waals surface area contributed by atoms with E-state index >= 15 is 0 Å². The van der Waals surface area contributed by atoms with Gasteiger partial charge in [0.15, 0.2) is 0 Å². The summed E-state index contributed by atoms with van der Waals surface area (Å²) in [6.45, 7) is 3.79. The van der Waals surface area contributed by atoms with Gasteiger partial charge in [0.05, 0.1) is 12.5 Å². The number of rotatable bonds is 3. The van der Waals surface area contributed by atoms with Gasteiger partial charge in [-0.15, -0.1) is 0 Å². The molecule has 0 saturated heterocycles. The van der Waals surface area contributed by atoms with Gasteiger partial charge in [0.1, 0.15) is 12.1 Å². The van der Waals surface area contributed by atoms with E-state index in [4.69, 9.17) is 10.00 Å². The highest BCUT2D eigenvalue weighted by Gasteiger charge is 2.30. The monoisotopic (exact) mass is 252 g/mol. The molecule has 0 atom stereocenters. The molecule has 0 bridgehead atoms. The largest absolute Gasteiger partial charge is 0.444 e. The topological polar surface area (TPSA) is 53.3 Å². The second-order valence-electron chi connectivity index (χ2n) is 4.43. The molecule has 7 heteroatoms. The molecule has 0 N–H and O–H groups in total. The third kappa shape index (κ3) is 8.37. The standard InChI is InChI=1S/C10H15F3N2O2/c1-9(2,3)17-8(16)15(7-5-14)6-4-10(11,12)13/h4,6-7H2,1-3H3. The van der Waals surface area contributed by atoms with E-state index in [9.17, 15) is 18.0 Å². The molecule has 0 aromatic carbocycles. The van der Waals surface area contributed by atoms with E-state index < -0.39 is 37.4 Å². The van der Waals surface area contributed by atoms with E-state index in [0.717, 1.165) is 4.90 Å². The van der Waals surface area contributed by atoms with Crippen LogP contribution >= 0.6 is 0 Å². The summed E-state index contributed by atoms with van der Waals surface area (Å²) in [5.41, 5.74) is -0.803. The Kier molecular flexibility index (Phi) is 5.26. The van der Waals surface area contributed by atoms with Crippen molar-refractivity contribution in [2.24, 2.45) is 0 Å². The fourth-order valence-electron chi connectivity index (χ4n) is 0.908.